The van der Waals surface area contributed by atoms with Gasteiger partial charge in [0.1, 0.15) is 0 Å². The van der Waals surface area contributed by atoms with Gasteiger partial charge < -0.3 is 9.80 Å². The fraction of sp³-hybridized carbons (Fsp3) is 0.438. The van der Waals surface area contributed by atoms with Crippen LogP contribution in [0.2, 0.25) is 0 Å². The van der Waals surface area contributed by atoms with Crippen molar-refractivity contribution in [2.24, 2.45) is 0 Å². The number of nitrogens with zero attached hydrogens (tertiary/aromatic N) is 2. The summed E-state index contributed by atoms with van der Waals surface area (Å²) in [6, 6.07) is 23.5. The summed E-state index contributed by atoms with van der Waals surface area (Å²) < 4.78 is 0. The highest BCUT2D eigenvalue weighted by Gasteiger charge is 2.22. The summed E-state index contributed by atoms with van der Waals surface area (Å²) >= 11 is 0. The Bertz CT molecular complexity index is 982. The van der Waals surface area contributed by atoms with E-state index in [4.69, 9.17) is 0 Å². The van der Waals surface area contributed by atoms with Crippen LogP contribution in [0.1, 0.15) is 80.3 Å². The second-order valence-corrected chi connectivity index (χ2v) is 9.35. The highest BCUT2D eigenvalue weighted by Crippen LogP contribution is 2.38. The van der Waals surface area contributed by atoms with Crippen molar-refractivity contribution in [3.05, 3.63) is 94.0 Å². The molecule has 0 amide bonds. The smallest absolute Gasteiger partial charge is 0.0368 e. The molecule has 2 heteroatoms. The quantitative estimate of drug-likeness (QED) is 0.269. The molecule has 34 heavy (non-hydrogen) atoms. The molecule has 0 fully saturated rings. The molecule has 3 rings (SSSR count). The minimum absolute atomic E-state index is 0.229. The Labute approximate surface area is 208 Å². The van der Waals surface area contributed by atoms with Crippen LogP contribution in [0.15, 0.2) is 60.7 Å². The minimum Gasteiger partial charge on any atom is -0.372 e. The van der Waals surface area contributed by atoms with Gasteiger partial charge in [-0.25, -0.2) is 0 Å². The Balaban J connectivity index is 2.12. The van der Waals surface area contributed by atoms with Gasteiger partial charge in [0.2, 0.25) is 0 Å². The molecule has 3 aromatic rings. The van der Waals surface area contributed by atoms with Crippen LogP contribution in [-0.4, -0.2) is 26.2 Å². The van der Waals surface area contributed by atoms with Gasteiger partial charge in [-0.3, -0.25) is 0 Å². The molecule has 0 radical (unpaired) electrons. The molecular formula is C32H44N2. The van der Waals surface area contributed by atoms with Crippen molar-refractivity contribution >= 4 is 11.4 Å². The van der Waals surface area contributed by atoms with Crippen molar-refractivity contribution in [2.45, 2.75) is 67.2 Å². The van der Waals surface area contributed by atoms with Crippen LogP contribution in [0.5, 0.6) is 0 Å². The average molecular weight is 457 g/mol. The third-order valence-electron chi connectivity index (χ3n) is 7.24. The van der Waals surface area contributed by atoms with Gasteiger partial charge >= 0.3 is 0 Å². The first-order valence-electron chi connectivity index (χ1n) is 13.3. The largest absolute Gasteiger partial charge is 0.372 e. The monoisotopic (exact) mass is 456 g/mol. The topological polar surface area (TPSA) is 6.48 Å². The lowest BCUT2D eigenvalue weighted by Gasteiger charge is -2.27. The molecule has 0 aromatic heterocycles. The van der Waals surface area contributed by atoms with Crippen molar-refractivity contribution in [1.29, 1.82) is 0 Å². The summed E-state index contributed by atoms with van der Waals surface area (Å²) in [5, 5.41) is 0. The van der Waals surface area contributed by atoms with Gasteiger partial charge in [0.05, 0.1) is 0 Å². The zero-order chi connectivity index (χ0) is 24.7. The van der Waals surface area contributed by atoms with Gasteiger partial charge in [0.25, 0.3) is 0 Å². The second kappa shape index (κ2) is 12.1. The number of benzene rings is 3. The van der Waals surface area contributed by atoms with E-state index in [1.807, 2.05) is 0 Å². The van der Waals surface area contributed by atoms with Crippen LogP contribution < -0.4 is 9.80 Å². The van der Waals surface area contributed by atoms with Crippen LogP contribution in [0.4, 0.5) is 11.4 Å². The van der Waals surface area contributed by atoms with Crippen molar-refractivity contribution in [3.63, 3.8) is 0 Å². The molecule has 2 nitrogen and oxygen atoms in total. The van der Waals surface area contributed by atoms with E-state index in [9.17, 15) is 0 Å². The van der Waals surface area contributed by atoms with Gasteiger partial charge in [0, 0.05) is 43.5 Å². The maximum absolute atomic E-state index is 2.43. The summed E-state index contributed by atoms with van der Waals surface area (Å²) in [7, 11) is 0. The Morgan fingerprint density at radius 3 is 1.38 bits per heavy atom. The van der Waals surface area contributed by atoms with Crippen molar-refractivity contribution in [3.8, 4) is 0 Å². The highest BCUT2D eigenvalue weighted by atomic mass is 15.1. The SMILES string of the molecule is CCCc1ccc(C(c2ccc(N(CC)CC)cc2C)c2ccc(N(CC)CC)cc2C)cc1. The molecule has 0 unspecified atom stereocenters. The van der Waals surface area contributed by atoms with Crippen molar-refractivity contribution in [2.75, 3.05) is 36.0 Å². The standard InChI is InChI=1S/C32H44N2/c1-8-13-26-14-16-27(17-15-26)32(30-20-18-28(22-24(30)6)33(9-2)10-3)31-21-19-29(23-25(31)7)34(11-4)12-5/h14-23,32H,8-13H2,1-7H3. The normalized spacial score (nSPS) is 11.2. The first kappa shape index (κ1) is 25.9. The number of aryl methyl sites for hydroxylation is 3. The third-order valence-corrected chi connectivity index (χ3v) is 7.24. The number of hydrogen-bond donors (Lipinski definition) is 0. The molecule has 0 spiro atoms. The van der Waals surface area contributed by atoms with Gasteiger partial charge in [-0.1, -0.05) is 49.7 Å². The van der Waals surface area contributed by atoms with Crippen LogP contribution in [0.3, 0.4) is 0 Å². The summed E-state index contributed by atoms with van der Waals surface area (Å²) in [4.78, 5) is 4.85. The zero-order valence-electron chi connectivity index (χ0n) is 22.5. The van der Waals surface area contributed by atoms with E-state index in [-0.39, 0.29) is 5.92 Å². The van der Waals surface area contributed by atoms with Crippen molar-refractivity contribution in [1.82, 2.24) is 0 Å². The zero-order valence-corrected chi connectivity index (χ0v) is 22.5. The maximum atomic E-state index is 2.43. The number of rotatable bonds is 11. The first-order valence-corrected chi connectivity index (χ1v) is 13.3. The van der Waals surface area contributed by atoms with E-state index in [1.165, 1.54) is 51.2 Å². The minimum atomic E-state index is 0.229. The second-order valence-electron chi connectivity index (χ2n) is 9.35. The lowest BCUT2D eigenvalue weighted by Crippen LogP contribution is -2.22. The molecule has 0 saturated heterocycles. The molecule has 0 bridgehead atoms. The molecule has 0 aliphatic rings. The predicted molar refractivity (Wildman–Crippen MR) is 151 cm³/mol. The summed E-state index contributed by atoms with van der Waals surface area (Å²) in [6.45, 7) is 19.9. The van der Waals surface area contributed by atoms with Crippen LogP contribution in [0.25, 0.3) is 0 Å². The Morgan fingerprint density at radius 2 is 1.03 bits per heavy atom. The van der Waals surface area contributed by atoms with E-state index < -0.39 is 0 Å². The molecule has 0 atom stereocenters. The fourth-order valence-electron chi connectivity index (χ4n) is 5.23. The molecule has 0 heterocycles. The van der Waals surface area contributed by atoms with E-state index in [1.54, 1.807) is 0 Å². The van der Waals surface area contributed by atoms with E-state index in [0.29, 0.717) is 0 Å². The van der Waals surface area contributed by atoms with E-state index >= 15 is 0 Å². The average Bonchev–Trinajstić information content (AvgIpc) is 2.84. The predicted octanol–water partition coefficient (Wildman–Crippen LogP) is 8.13. The van der Waals surface area contributed by atoms with Crippen LogP contribution in [0, 0.1) is 13.8 Å². The summed E-state index contributed by atoms with van der Waals surface area (Å²) in [5.41, 5.74) is 11.0. The molecule has 3 aromatic carbocycles. The summed E-state index contributed by atoms with van der Waals surface area (Å²) in [6.07, 6.45) is 2.32. The first-order chi connectivity index (χ1) is 16.5. The molecule has 0 aliphatic carbocycles. The van der Waals surface area contributed by atoms with Crippen LogP contribution in [-0.2, 0) is 6.42 Å². The highest BCUT2D eigenvalue weighted by molar-refractivity contribution is 5.58. The van der Waals surface area contributed by atoms with Crippen LogP contribution >= 0.6 is 0 Å². The number of anilines is 2. The maximum Gasteiger partial charge on any atom is 0.0368 e. The lowest BCUT2D eigenvalue weighted by atomic mass is 9.80. The lowest BCUT2D eigenvalue weighted by molar-refractivity contribution is 0.859. The van der Waals surface area contributed by atoms with Crippen molar-refractivity contribution < 1.29 is 0 Å². The van der Waals surface area contributed by atoms with E-state index in [2.05, 4.69) is 119 Å². The number of hydrogen-bond acceptors (Lipinski definition) is 2. The Kier molecular flexibility index (Phi) is 9.21. The van der Waals surface area contributed by atoms with E-state index in [0.717, 1.165) is 32.6 Å². The molecule has 0 saturated carbocycles. The molecular weight excluding hydrogens is 412 g/mol. The Hall–Kier alpha value is -2.74. The molecule has 0 aliphatic heterocycles. The van der Waals surface area contributed by atoms with Gasteiger partial charge in [0.15, 0.2) is 0 Å². The third kappa shape index (κ3) is 5.66. The molecule has 0 N–H and O–H groups in total. The van der Waals surface area contributed by atoms with Gasteiger partial charge in [-0.2, -0.15) is 0 Å². The Morgan fingerprint density at radius 1 is 0.588 bits per heavy atom. The summed E-state index contributed by atoms with van der Waals surface area (Å²) in [5.74, 6) is 0.229. The van der Waals surface area contributed by atoms with Gasteiger partial charge in [-0.15, -0.1) is 0 Å². The molecule has 182 valence electrons. The fourth-order valence-corrected chi connectivity index (χ4v) is 5.23. The van der Waals surface area contributed by atoms with Gasteiger partial charge in [-0.05, 0) is 106 Å².